The maximum Gasteiger partial charge on any atom is 0.408 e. The van der Waals surface area contributed by atoms with Crippen LogP contribution < -0.4 is 5.32 Å². The summed E-state index contributed by atoms with van der Waals surface area (Å²) in [6.07, 6.45) is 1.42. The highest BCUT2D eigenvalue weighted by Gasteiger charge is 2.49. The highest BCUT2D eigenvalue weighted by atomic mass is 32.2. The van der Waals surface area contributed by atoms with Crippen LogP contribution in [0.5, 0.6) is 0 Å². The zero-order chi connectivity index (χ0) is 23.7. The second kappa shape index (κ2) is 11.9. The Labute approximate surface area is 193 Å². The molecule has 1 aromatic carbocycles. The maximum atomic E-state index is 12.6. The Kier molecular flexibility index (Phi) is 9.56. The van der Waals surface area contributed by atoms with E-state index in [0.29, 0.717) is 13.0 Å². The summed E-state index contributed by atoms with van der Waals surface area (Å²) in [5.41, 5.74) is -0.711. The molecule has 1 N–H and O–H groups in total. The van der Waals surface area contributed by atoms with Crippen LogP contribution in [0.1, 0.15) is 53.4 Å². The lowest BCUT2D eigenvalue weighted by Crippen LogP contribution is -2.71. The number of β-lactam (4-membered cyclic amide) rings is 1. The number of hydrogen-bond acceptors (Lipinski definition) is 7. The molecule has 9 heteroatoms. The summed E-state index contributed by atoms with van der Waals surface area (Å²) < 4.78 is 10.4. The third kappa shape index (κ3) is 8.18. The Morgan fingerprint density at radius 3 is 2.47 bits per heavy atom. The van der Waals surface area contributed by atoms with E-state index in [1.165, 1.54) is 4.90 Å². The summed E-state index contributed by atoms with van der Waals surface area (Å²) >= 11 is 1.13. The van der Waals surface area contributed by atoms with E-state index >= 15 is 0 Å². The van der Waals surface area contributed by atoms with Crippen LogP contribution in [-0.4, -0.2) is 58.8 Å². The first-order valence-electron chi connectivity index (χ1n) is 10.8. The quantitative estimate of drug-likeness (QED) is 0.245. The largest absolute Gasteiger partial charge is 0.464 e. The summed E-state index contributed by atoms with van der Waals surface area (Å²) in [4.78, 5) is 51.5. The number of hydrogen-bond donors (Lipinski definition) is 1. The molecule has 8 nitrogen and oxygen atoms in total. The van der Waals surface area contributed by atoms with Gasteiger partial charge in [0.05, 0.1) is 12.6 Å². The van der Waals surface area contributed by atoms with E-state index in [1.807, 2.05) is 37.3 Å². The number of alkyl carbamates (subject to hydrolysis) is 1. The third-order valence-corrected chi connectivity index (χ3v) is 5.63. The van der Waals surface area contributed by atoms with Gasteiger partial charge in [-0.05, 0) is 45.7 Å². The van der Waals surface area contributed by atoms with Crippen molar-refractivity contribution in [2.45, 2.75) is 76.0 Å². The van der Waals surface area contributed by atoms with Gasteiger partial charge in [0.1, 0.15) is 18.2 Å². The lowest BCUT2D eigenvalue weighted by atomic mass is 9.91. The molecule has 1 heterocycles. The van der Waals surface area contributed by atoms with Crippen LogP contribution in [0.15, 0.2) is 35.2 Å². The van der Waals surface area contributed by atoms with Gasteiger partial charge in [-0.2, -0.15) is 0 Å². The van der Waals surface area contributed by atoms with Crippen molar-refractivity contribution in [3.05, 3.63) is 30.3 Å². The molecule has 1 aliphatic rings. The number of nitrogens with zero attached hydrogens (tertiary/aromatic N) is 1. The molecule has 1 saturated heterocycles. The molecule has 1 fully saturated rings. The third-order valence-electron chi connectivity index (χ3n) is 4.69. The van der Waals surface area contributed by atoms with Crippen molar-refractivity contribution in [2.75, 3.05) is 13.2 Å². The second-order valence-corrected chi connectivity index (χ2v) is 9.69. The molecule has 0 radical (unpaired) electrons. The number of amides is 2. The molecular formula is C23H32N2O6S. The number of thioether (sulfide) groups is 1. The Bertz CT molecular complexity index is 808. The lowest BCUT2D eigenvalue weighted by Gasteiger charge is -2.46. The molecule has 2 atom stereocenters. The Morgan fingerprint density at radius 1 is 1.16 bits per heavy atom. The summed E-state index contributed by atoms with van der Waals surface area (Å²) in [5, 5.41) is 2.52. The Morgan fingerprint density at radius 2 is 1.84 bits per heavy atom. The van der Waals surface area contributed by atoms with E-state index in [4.69, 9.17) is 9.47 Å². The van der Waals surface area contributed by atoms with E-state index < -0.39 is 35.7 Å². The van der Waals surface area contributed by atoms with Crippen molar-refractivity contribution in [3.8, 4) is 0 Å². The van der Waals surface area contributed by atoms with Crippen molar-refractivity contribution in [1.82, 2.24) is 10.2 Å². The predicted molar refractivity (Wildman–Crippen MR) is 121 cm³/mol. The van der Waals surface area contributed by atoms with Gasteiger partial charge in [-0.3, -0.25) is 14.4 Å². The van der Waals surface area contributed by atoms with Gasteiger partial charge in [0, 0.05) is 11.3 Å². The molecule has 2 amide bonds. The number of unbranched alkanes of at least 4 members (excludes halogenated alkanes) is 1. The fraction of sp³-hybridized carbons (Fsp3) is 0.565. The number of ether oxygens (including phenoxy) is 2. The molecule has 1 aromatic rings. The standard InChI is InChI=1S/C23H32N2O6S/c1-5-6-14-30-18(26)15-25-17(12-13-19(27)32-16-10-8-7-9-11-16)20(21(25)28)24-22(29)31-23(2,3)4/h7-11,17,20H,5-6,12-15H2,1-4H3,(H,24,29)/t17-,20+/m1/s1. The fourth-order valence-corrected chi connectivity index (χ4v) is 3.94. The minimum atomic E-state index is -0.845. The van der Waals surface area contributed by atoms with Crippen LogP contribution in [0.3, 0.4) is 0 Å². The maximum absolute atomic E-state index is 12.6. The van der Waals surface area contributed by atoms with Gasteiger partial charge >= 0.3 is 12.1 Å². The van der Waals surface area contributed by atoms with Crippen LogP contribution in [0.25, 0.3) is 0 Å². The van der Waals surface area contributed by atoms with Gasteiger partial charge in [0.2, 0.25) is 5.91 Å². The smallest absolute Gasteiger partial charge is 0.408 e. The first-order chi connectivity index (χ1) is 15.1. The Balaban J connectivity index is 1.98. The summed E-state index contributed by atoms with van der Waals surface area (Å²) in [7, 11) is 0. The van der Waals surface area contributed by atoms with Gasteiger partial charge in [0.25, 0.3) is 0 Å². The van der Waals surface area contributed by atoms with Crippen molar-refractivity contribution >= 4 is 34.8 Å². The van der Waals surface area contributed by atoms with Crippen LogP contribution >= 0.6 is 11.8 Å². The van der Waals surface area contributed by atoms with E-state index in [1.54, 1.807) is 20.8 Å². The monoisotopic (exact) mass is 464 g/mol. The van der Waals surface area contributed by atoms with E-state index in [2.05, 4.69) is 5.32 Å². The van der Waals surface area contributed by atoms with Crippen LogP contribution in [0.2, 0.25) is 0 Å². The molecule has 176 valence electrons. The topological polar surface area (TPSA) is 102 Å². The minimum absolute atomic E-state index is 0.0583. The van der Waals surface area contributed by atoms with Crippen LogP contribution in [0, 0.1) is 0 Å². The second-order valence-electron chi connectivity index (χ2n) is 8.56. The molecule has 0 bridgehead atoms. The van der Waals surface area contributed by atoms with Crippen molar-refractivity contribution < 1.29 is 28.7 Å². The SMILES string of the molecule is CCCCOC(=O)CN1C(=O)[C@@H](NC(=O)OC(C)(C)C)[C@H]1CCC(=O)Sc1ccccc1. The number of nitrogens with one attached hydrogen (secondary N) is 1. The first-order valence-corrected chi connectivity index (χ1v) is 11.6. The van der Waals surface area contributed by atoms with Gasteiger partial charge in [-0.1, -0.05) is 43.3 Å². The Hall–Kier alpha value is -2.55. The molecule has 1 aliphatic heterocycles. The zero-order valence-corrected chi connectivity index (χ0v) is 19.9. The first kappa shape index (κ1) is 25.7. The zero-order valence-electron chi connectivity index (χ0n) is 19.1. The van der Waals surface area contributed by atoms with E-state index in [-0.39, 0.29) is 18.1 Å². The highest BCUT2D eigenvalue weighted by molar-refractivity contribution is 8.13. The van der Waals surface area contributed by atoms with Crippen LogP contribution in [-0.2, 0) is 23.9 Å². The van der Waals surface area contributed by atoms with Crippen LogP contribution in [0.4, 0.5) is 4.79 Å². The number of esters is 1. The van der Waals surface area contributed by atoms with Gasteiger partial charge in [-0.15, -0.1) is 0 Å². The lowest BCUT2D eigenvalue weighted by molar-refractivity contribution is -0.161. The van der Waals surface area contributed by atoms with Crippen molar-refractivity contribution in [2.24, 2.45) is 0 Å². The molecule has 0 unspecified atom stereocenters. The molecule has 0 spiro atoms. The normalized spacial score (nSPS) is 18.0. The predicted octanol–water partition coefficient (Wildman–Crippen LogP) is 3.53. The van der Waals surface area contributed by atoms with E-state index in [0.717, 1.165) is 29.5 Å². The number of likely N-dealkylation sites (tertiary alicyclic amines) is 1. The van der Waals surface area contributed by atoms with Gasteiger partial charge < -0.3 is 19.7 Å². The van der Waals surface area contributed by atoms with Crippen molar-refractivity contribution in [1.29, 1.82) is 0 Å². The molecule has 0 saturated carbocycles. The fourth-order valence-electron chi connectivity index (χ4n) is 3.17. The molecular weight excluding hydrogens is 432 g/mol. The number of carbonyl (C=O) groups excluding carboxylic acids is 4. The van der Waals surface area contributed by atoms with Gasteiger partial charge in [-0.25, -0.2) is 4.79 Å². The van der Waals surface area contributed by atoms with Crippen molar-refractivity contribution in [3.63, 3.8) is 0 Å². The highest BCUT2D eigenvalue weighted by Crippen LogP contribution is 2.27. The number of rotatable bonds is 10. The minimum Gasteiger partial charge on any atom is -0.464 e. The number of carbonyl (C=O) groups is 4. The molecule has 32 heavy (non-hydrogen) atoms. The average Bonchev–Trinajstić information content (AvgIpc) is 2.71. The molecule has 2 rings (SSSR count). The summed E-state index contributed by atoms with van der Waals surface area (Å²) in [5.74, 6) is -0.894. The summed E-state index contributed by atoms with van der Waals surface area (Å²) in [6.45, 7) is 7.26. The molecule has 0 aliphatic carbocycles. The summed E-state index contributed by atoms with van der Waals surface area (Å²) in [6, 6.07) is 7.94. The van der Waals surface area contributed by atoms with Gasteiger partial charge in [0.15, 0.2) is 5.12 Å². The van der Waals surface area contributed by atoms with E-state index in [9.17, 15) is 19.2 Å². The number of benzene rings is 1. The molecule has 0 aromatic heterocycles. The average molecular weight is 465 g/mol.